The molecule has 2 nitrogen and oxygen atoms in total. The van der Waals surface area contributed by atoms with Gasteiger partial charge in [-0.3, -0.25) is 0 Å². The molecule has 1 atom stereocenters. The molecule has 2 heteroatoms. The first-order chi connectivity index (χ1) is 7.17. The van der Waals surface area contributed by atoms with Gasteiger partial charge in [0.1, 0.15) is 0 Å². The number of hydrogen-bond acceptors (Lipinski definition) is 2. The normalized spacial score (nSPS) is 12.4. The Kier molecular flexibility index (Phi) is 4.35. The molecule has 82 valence electrons. The van der Waals surface area contributed by atoms with E-state index in [1.807, 2.05) is 12.1 Å². The van der Waals surface area contributed by atoms with Crippen LogP contribution >= 0.6 is 0 Å². The second-order valence-corrected chi connectivity index (χ2v) is 4.16. The third kappa shape index (κ3) is 3.39. The molecule has 0 heterocycles. The average Bonchev–Trinajstić information content (AvgIpc) is 2.27. The summed E-state index contributed by atoms with van der Waals surface area (Å²) < 4.78 is 0. The molecule has 0 spiro atoms. The Bertz CT molecular complexity index is 331. The van der Waals surface area contributed by atoms with Crippen LogP contribution in [0.2, 0.25) is 0 Å². The summed E-state index contributed by atoms with van der Waals surface area (Å²) in [6.45, 7) is 4.49. The van der Waals surface area contributed by atoms with Crippen LogP contribution in [-0.2, 0) is 6.42 Å². The van der Waals surface area contributed by atoms with Crippen LogP contribution in [0.25, 0.3) is 0 Å². The maximum absolute atomic E-state index is 7.23. The molecule has 1 unspecified atom stereocenters. The number of nitrogens with two attached hydrogens (primary N) is 1. The highest BCUT2D eigenvalue weighted by atomic mass is 14.6. The molecule has 0 amide bonds. The van der Waals surface area contributed by atoms with E-state index in [1.165, 1.54) is 24.6 Å². The van der Waals surface area contributed by atoms with Crippen LogP contribution in [0, 0.1) is 11.3 Å². The van der Waals surface area contributed by atoms with Gasteiger partial charge in [0.05, 0.1) is 0 Å². The monoisotopic (exact) mass is 204 g/mol. The van der Waals surface area contributed by atoms with Crippen molar-refractivity contribution in [3.63, 3.8) is 0 Å². The zero-order valence-electron chi connectivity index (χ0n) is 9.59. The first-order valence-electron chi connectivity index (χ1n) is 5.56. The molecular weight excluding hydrogens is 184 g/mol. The molecule has 3 N–H and O–H groups in total. The van der Waals surface area contributed by atoms with E-state index in [9.17, 15) is 0 Å². The number of anilines is 1. The minimum Gasteiger partial charge on any atom is -0.398 e. The van der Waals surface area contributed by atoms with Gasteiger partial charge in [0, 0.05) is 17.5 Å². The Labute approximate surface area is 92.0 Å². The summed E-state index contributed by atoms with van der Waals surface area (Å²) in [5, 5.41) is 7.23. The molecule has 1 aromatic carbocycles. The quantitative estimate of drug-likeness (QED) is 0.561. The Balaban J connectivity index is 2.66. The van der Waals surface area contributed by atoms with E-state index in [0.29, 0.717) is 5.69 Å². The number of nitrogens with one attached hydrogen (secondary N) is 1. The summed E-state index contributed by atoms with van der Waals surface area (Å²) in [6.07, 6.45) is 4.84. The van der Waals surface area contributed by atoms with E-state index < -0.39 is 0 Å². The predicted octanol–water partition coefficient (Wildman–Crippen LogP) is 3.25. The van der Waals surface area contributed by atoms with E-state index >= 15 is 0 Å². The van der Waals surface area contributed by atoms with E-state index in [1.54, 1.807) is 0 Å². The summed E-state index contributed by atoms with van der Waals surface area (Å²) >= 11 is 0. The van der Waals surface area contributed by atoms with Gasteiger partial charge >= 0.3 is 0 Å². The van der Waals surface area contributed by atoms with Crippen LogP contribution in [-0.4, -0.2) is 6.21 Å². The summed E-state index contributed by atoms with van der Waals surface area (Å²) in [5.74, 6) is 0.769. The van der Waals surface area contributed by atoms with Crippen LogP contribution in [0.4, 0.5) is 5.69 Å². The number of nitrogen functional groups attached to an aromatic ring is 1. The minimum absolute atomic E-state index is 0.692. The maximum Gasteiger partial charge on any atom is 0.0403 e. The van der Waals surface area contributed by atoms with Gasteiger partial charge in [-0.1, -0.05) is 26.3 Å². The molecular formula is C13H20N2. The van der Waals surface area contributed by atoms with Gasteiger partial charge in [0.15, 0.2) is 0 Å². The van der Waals surface area contributed by atoms with Crippen molar-refractivity contribution in [3.8, 4) is 0 Å². The van der Waals surface area contributed by atoms with Gasteiger partial charge in [-0.2, -0.15) is 0 Å². The average molecular weight is 204 g/mol. The lowest BCUT2D eigenvalue weighted by Crippen LogP contribution is -1.98. The summed E-state index contributed by atoms with van der Waals surface area (Å²) in [7, 11) is 0. The largest absolute Gasteiger partial charge is 0.398 e. The molecule has 0 saturated carbocycles. The standard InChI is InChI=1S/C13H20N2/c1-3-10(2)4-5-11-6-7-13(15)12(8-11)9-14/h6-10,14H,3-5,15H2,1-2H3. The molecule has 0 bridgehead atoms. The maximum atomic E-state index is 7.23. The lowest BCUT2D eigenvalue weighted by molar-refractivity contribution is 0.516. The van der Waals surface area contributed by atoms with E-state index in [4.69, 9.17) is 11.1 Å². The van der Waals surface area contributed by atoms with E-state index in [0.717, 1.165) is 17.9 Å². The summed E-state index contributed by atoms with van der Waals surface area (Å²) in [4.78, 5) is 0. The molecule has 1 aromatic rings. The van der Waals surface area contributed by atoms with Crippen LogP contribution in [0.5, 0.6) is 0 Å². The van der Waals surface area contributed by atoms with Crippen molar-refractivity contribution in [2.24, 2.45) is 5.92 Å². The van der Waals surface area contributed by atoms with E-state index in [2.05, 4.69) is 19.9 Å². The van der Waals surface area contributed by atoms with Crippen LogP contribution in [0.1, 0.15) is 37.8 Å². The number of rotatable bonds is 5. The Morgan fingerprint density at radius 2 is 2.20 bits per heavy atom. The highest BCUT2D eigenvalue weighted by molar-refractivity contribution is 5.85. The fraction of sp³-hybridized carbons (Fsp3) is 0.462. The third-order valence-electron chi connectivity index (χ3n) is 2.93. The summed E-state index contributed by atoms with van der Waals surface area (Å²) in [6, 6.07) is 5.97. The van der Waals surface area contributed by atoms with Crippen molar-refractivity contribution in [1.82, 2.24) is 0 Å². The van der Waals surface area contributed by atoms with E-state index in [-0.39, 0.29) is 0 Å². The van der Waals surface area contributed by atoms with Crippen molar-refractivity contribution in [1.29, 1.82) is 5.41 Å². The first kappa shape index (κ1) is 11.8. The third-order valence-corrected chi connectivity index (χ3v) is 2.93. The van der Waals surface area contributed by atoms with Crippen molar-refractivity contribution >= 4 is 11.9 Å². The lowest BCUT2D eigenvalue weighted by Gasteiger charge is -2.09. The summed E-state index contributed by atoms with van der Waals surface area (Å²) in [5.41, 5.74) is 8.53. The molecule has 0 aliphatic heterocycles. The van der Waals surface area contributed by atoms with Gasteiger partial charge in [-0.25, -0.2) is 0 Å². The predicted molar refractivity (Wildman–Crippen MR) is 66.5 cm³/mol. The van der Waals surface area contributed by atoms with Gasteiger partial charge in [-0.05, 0) is 36.5 Å². The molecule has 15 heavy (non-hydrogen) atoms. The molecule has 1 rings (SSSR count). The smallest absolute Gasteiger partial charge is 0.0403 e. The number of benzene rings is 1. The van der Waals surface area contributed by atoms with Crippen molar-refractivity contribution in [3.05, 3.63) is 29.3 Å². The molecule has 0 radical (unpaired) electrons. The fourth-order valence-electron chi connectivity index (χ4n) is 1.52. The second kappa shape index (κ2) is 5.54. The lowest BCUT2D eigenvalue weighted by atomic mass is 9.98. The van der Waals surface area contributed by atoms with Crippen molar-refractivity contribution < 1.29 is 0 Å². The fourth-order valence-corrected chi connectivity index (χ4v) is 1.52. The molecule has 0 fully saturated rings. The minimum atomic E-state index is 0.692. The Hall–Kier alpha value is -1.31. The van der Waals surface area contributed by atoms with Crippen molar-refractivity contribution in [2.45, 2.75) is 33.1 Å². The molecule has 0 aromatic heterocycles. The topological polar surface area (TPSA) is 49.9 Å². The zero-order valence-corrected chi connectivity index (χ0v) is 9.59. The molecule has 0 saturated heterocycles. The Morgan fingerprint density at radius 1 is 1.47 bits per heavy atom. The van der Waals surface area contributed by atoms with Gasteiger partial charge in [0.2, 0.25) is 0 Å². The highest BCUT2D eigenvalue weighted by Gasteiger charge is 2.02. The molecule has 0 aliphatic rings. The second-order valence-electron chi connectivity index (χ2n) is 4.16. The van der Waals surface area contributed by atoms with Gasteiger partial charge in [0.25, 0.3) is 0 Å². The highest BCUT2D eigenvalue weighted by Crippen LogP contribution is 2.16. The van der Waals surface area contributed by atoms with Gasteiger partial charge in [-0.15, -0.1) is 0 Å². The van der Waals surface area contributed by atoms with Gasteiger partial charge < -0.3 is 11.1 Å². The number of aryl methyl sites for hydroxylation is 1. The van der Waals surface area contributed by atoms with Crippen molar-refractivity contribution in [2.75, 3.05) is 5.73 Å². The SMILES string of the molecule is CCC(C)CCc1ccc(N)c(C=N)c1. The van der Waals surface area contributed by atoms with Crippen LogP contribution < -0.4 is 5.73 Å². The number of hydrogen-bond donors (Lipinski definition) is 2. The van der Waals surface area contributed by atoms with Crippen LogP contribution in [0.15, 0.2) is 18.2 Å². The molecule has 0 aliphatic carbocycles. The first-order valence-corrected chi connectivity index (χ1v) is 5.56. The van der Waals surface area contributed by atoms with Crippen LogP contribution in [0.3, 0.4) is 0 Å². The zero-order chi connectivity index (χ0) is 11.3. The Morgan fingerprint density at radius 3 is 2.80 bits per heavy atom.